The first kappa shape index (κ1) is 27.7. The Balaban J connectivity index is 1.89. The van der Waals surface area contributed by atoms with Gasteiger partial charge in [0.05, 0.1) is 0 Å². The SMILES string of the molecule is CC(C)=CCOC(=O)COc1ccc(C(C)(C)c2ccc(OCC(=O)OCC=C(C)C)cc2)cc1. The molecule has 0 saturated heterocycles. The second kappa shape index (κ2) is 13.4. The van der Waals surface area contributed by atoms with Crippen LogP contribution in [0, 0.1) is 0 Å². The first-order valence-electron chi connectivity index (χ1n) is 11.6. The van der Waals surface area contributed by atoms with Gasteiger partial charge in [0, 0.05) is 5.41 Å². The molecule has 0 radical (unpaired) electrons. The van der Waals surface area contributed by atoms with Gasteiger partial charge in [-0.25, -0.2) is 9.59 Å². The summed E-state index contributed by atoms with van der Waals surface area (Å²) in [6.45, 7) is 12.3. The monoisotopic (exact) mass is 480 g/mol. The van der Waals surface area contributed by atoms with Crippen LogP contribution in [0.5, 0.6) is 11.5 Å². The van der Waals surface area contributed by atoms with E-state index in [0.717, 1.165) is 22.3 Å². The smallest absolute Gasteiger partial charge is 0.344 e. The van der Waals surface area contributed by atoms with Gasteiger partial charge in [0.15, 0.2) is 13.2 Å². The van der Waals surface area contributed by atoms with Crippen molar-refractivity contribution in [2.45, 2.75) is 47.0 Å². The minimum atomic E-state index is -0.407. The van der Waals surface area contributed by atoms with Crippen molar-refractivity contribution in [3.05, 3.63) is 83.0 Å². The number of carbonyl (C=O) groups excluding carboxylic acids is 2. The minimum absolute atomic E-state index is 0.136. The standard InChI is InChI=1S/C29H36O6/c1-21(2)15-17-32-27(30)19-34-25-11-7-23(8-12-25)29(5,6)24-9-13-26(14-10-24)35-20-28(31)33-18-16-22(3)4/h7-16H,17-20H2,1-6H3. The van der Waals surface area contributed by atoms with Crippen LogP contribution in [-0.2, 0) is 24.5 Å². The van der Waals surface area contributed by atoms with Crippen molar-refractivity contribution in [2.75, 3.05) is 26.4 Å². The van der Waals surface area contributed by atoms with E-state index >= 15 is 0 Å². The fraction of sp³-hybridized carbons (Fsp3) is 0.379. The molecule has 0 atom stereocenters. The molecule has 2 aromatic rings. The Morgan fingerprint density at radius 2 is 1.00 bits per heavy atom. The lowest BCUT2D eigenvalue weighted by molar-refractivity contribution is -0.145. The quantitative estimate of drug-likeness (QED) is 0.283. The van der Waals surface area contributed by atoms with E-state index in [9.17, 15) is 9.59 Å². The third-order valence-electron chi connectivity index (χ3n) is 5.34. The summed E-state index contributed by atoms with van der Waals surface area (Å²) in [6.07, 6.45) is 3.68. The maximum atomic E-state index is 11.8. The predicted octanol–water partition coefficient (Wildman–Crippen LogP) is 5.79. The molecule has 0 saturated carbocycles. The molecule has 0 fully saturated rings. The number of allylic oxidation sites excluding steroid dienone is 2. The van der Waals surface area contributed by atoms with Crippen molar-refractivity contribution in [3.8, 4) is 11.5 Å². The van der Waals surface area contributed by atoms with Crippen molar-refractivity contribution in [2.24, 2.45) is 0 Å². The van der Waals surface area contributed by atoms with Crippen molar-refractivity contribution in [1.29, 1.82) is 0 Å². The molecule has 0 spiro atoms. The highest BCUT2D eigenvalue weighted by Gasteiger charge is 2.23. The van der Waals surface area contributed by atoms with Crippen LogP contribution in [0.1, 0.15) is 52.7 Å². The van der Waals surface area contributed by atoms with E-state index in [-0.39, 0.29) is 31.8 Å². The maximum absolute atomic E-state index is 11.8. The average molecular weight is 481 g/mol. The van der Waals surface area contributed by atoms with E-state index in [2.05, 4.69) is 13.8 Å². The molecule has 6 heteroatoms. The Bertz CT molecular complexity index is 938. The Kier molecular flexibility index (Phi) is 10.6. The Hall–Kier alpha value is -3.54. The molecule has 0 aliphatic rings. The normalized spacial score (nSPS) is 10.7. The number of carbonyl (C=O) groups is 2. The van der Waals surface area contributed by atoms with Gasteiger partial charge < -0.3 is 18.9 Å². The molecule has 0 heterocycles. The molecule has 2 aromatic carbocycles. The molecule has 2 rings (SSSR count). The van der Waals surface area contributed by atoms with Crippen molar-refractivity contribution >= 4 is 11.9 Å². The summed E-state index contributed by atoms with van der Waals surface area (Å²) in [6, 6.07) is 15.3. The zero-order chi connectivity index (χ0) is 25.8. The van der Waals surface area contributed by atoms with E-state index in [0.29, 0.717) is 11.5 Å². The third-order valence-corrected chi connectivity index (χ3v) is 5.34. The van der Waals surface area contributed by atoms with E-state index < -0.39 is 11.9 Å². The summed E-state index contributed by atoms with van der Waals surface area (Å²) in [4.78, 5) is 23.6. The topological polar surface area (TPSA) is 71.1 Å². The average Bonchev–Trinajstić information content (AvgIpc) is 2.81. The van der Waals surface area contributed by atoms with Crippen LogP contribution in [-0.4, -0.2) is 38.4 Å². The van der Waals surface area contributed by atoms with Crippen molar-refractivity contribution in [3.63, 3.8) is 0 Å². The maximum Gasteiger partial charge on any atom is 0.344 e. The zero-order valence-corrected chi connectivity index (χ0v) is 21.6. The van der Waals surface area contributed by atoms with Crippen LogP contribution >= 0.6 is 0 Å². The second-order valence-corrected chi connectivity index (χ2v) is 9.18. The zero-order valence-electron chi connectivity index (χ0n) is 21.6. The number of esters is 2. The first-order chi connectivity index (χ1) is 16.6. The van der Waals surface area contributed by atoms with Crippen molar-refractivity contribution < 1.29 is 28.5 Å². The molecule has 0 unspecified atom stereocenters. The highest BCUT2D eigenvalue weighted by Crippen LogP contribution is 2.33. The lowest BCUT2D eigenvalue weighted by atomic mass is 9.78. The van der Waals surface area contributed by atoms with Gasteiger partial charge in [0.25, 0.3) is 0 Å². The molecule has 35 heavy (non-hydrogen) atoms. The number of ether oxygens (including phenoxy) is 4. The number of benzene rings is 2. The van der Waals surface area contributed by atoms with Gasteiger partial charge >= 0.3 is 11.9 Å². The van der Waals surface area contributed by atoms with Gasteiger partial charge in [-0.3, -0.25) is 0 Å². The van der Waals surface area contributed by atoms with Crippen LogP contribution < -0.4 is 9.47 Å². The van der Waals surface area contributed by atoms with E-state index in [4.69, 9.17) is 18.9 Å². The van der Waals surface area contributed by atoms with Gasteiger partial charge in [0.2, 0.25) is 0 Å². The summed E-state index contributed by atoms with van der Waals surface area (Å²) in [5, 5.41) is 0. The highest BCUT2D eigenvalue weighted by atomic mass is 16.6. The molecular weight excluding hydrogens is 444 g/mol. The minimum Gasteiger partial charge on any atom is -0.482 e. The first-order valence-corrected chi connectivity index (χ1v) is 11.6. The molecule has 188 valence electrons. The van der Waals surface area contributed by atoms with Crippen LogP contribution in [0.3, 0.4) is 0 Å². The van der Waals surface area contributed by atoms with E-state index in [1.165, 1.54) is 0 Å². The summed E-state index contributed by atoms with van der Waals surface area (Å²) in [5.41, 5.74) is 4.09. The number of rotatable bonds is 12. The second-order valence-electron chi connectivity index (χ2n) is 9.18. The van der Waals surface area contributed by atoms with Gasteiger partial charge in [-0.2, -0.15) is 0 Å². The van der Waals surface area contributed by atoms with Gasteiger partial charge in [-0.05, 0) is 75.2 Å². The largest absolute Gasteiger partial charge is 0.482 e. The molecule has 6 nitrogen and oxygen atoms in total. The van der Waals surface area contributed by atoms with Crippen molar-refractivity contribution in [1.82, 2.24) is 0 Å². The van der Waals surface area contributed by atoms with Gasteiger partial charge in [-0.15, -0.1) is 0 Å². The molecule has 0 N–H and O–H groups in total. The molecule has 0 amide bonds. The fourth-order valence-electron chi connectivity index (χ4n) is 3.07. The molecule has 0 bridgehead atoms. The van der Waals surface area contributed by atoms with Gasteiger partial charge in [0.1, 0.15) is 24.7 Å². The Labute approximate surface area is 208 Å². The molecule has 0 aromatic heterocycles. The molecule has 0 aliphatic heterocycles. The number of hydrogen-bond acceptors (Lipinski definition) is 6. The lowest BCUT2D eigenvalue weighted by Gasteiger charge is -2.26. The summed E-state index contributed by atoms with van der Waals surface area (Å²) < 4.78 is 21.3. The highest BCUT2D eigenvalue weighted by molar-refractivity contribution is 5.71. The Morgan fingerprint density at radius 3 is 1.31 bits per heavy atom. The molecule has 0 aliphatic carbocycles. The fourth-order valence-corrected chi connectivity index (χ4v) is 3.07. The Morgan fingerprint density at radius 1 is 0.657 bits per heavy atom. The number of hydrogen-bond donors (Lipinski definition) is 0. The summed E-state index contributed by atoms with van der Waals surface area (Å²) >= 11 is 0. The van der Waals surface area contributed by atoms with E-state index in [1.54, 1.807) is 0 Å². The van der Waals surface area contributed by atoms with Gasteiger partial charge in [-0.1, -0.05) is 49.3 Å². The predicted molar refractivity (Wildman–Crippen MR) is 137 cm³/mol. The summed E-state index contributed by atoms with van der Waals surface area (Å²) in [7, 11) is 0. The van der Waals surface area contributed by atoms with Crippen LogP contribution in [0.2, 0.25) is 0 Å². The van der Waals surface area contributed by atoms with Crippen LogP contribution in [0.25, 0.3) is 0 Å². The lowest BCUT2D eigenvalue weighted by Crippen LogP contribution is -2.19. The van der Waals surface area contributed by atoms with Crippen LogP contribution in [0.15, 0.2) is 71.8 Å². The molecular formula is C29H36O6. The summed E-state index contributed by atoms with van der Waals surface area (Å²) in [5.74, 6) is 0.388. The van der Waals surface area contributed by atoms with Crippen LogP contribution in [0.4, 0.5) is 0 Å². The third kappa shape index (κ3) is 9.69. The van der Waals surface area contributed by atoms with E-state index in [1.807, 2.05) is 88.4 Å².